The van der Waals surface area contributed by atoms with E-state index < -0.39 is 5.82 Å². The predicted octanol–water partition coefficient (Wildman–Crippen LogP) is 8.37. The highest BCUT2D eigenvalue weighted by molar-refractivity contribution is 6.39. The molecule has 0 saturated heterocycles. The Hall–Kier alpha value is -3.76. The molecule has 0 aliphatic heterocycles. The van der Waals surface area contributed by atoms with E-state index in [0.717, 1.165) is 32.7 Å². The van der Waals surface area contributed by atoms with Crippen LogP contribution >= 0.6 is 11.6 Å². The van der Waals surface area contributed by atoms with Crippen LogP contribution in [0.3, 0.4) is 0 Å². The van der Waals surface area contributed by atoms with Crippen LogP contribution in [0.2, 0.25) is 5.02 Å². The monoisotopic (exact) mass is 456 g/mol. The lowest BCUT2D eigenvalue weighted by Crippen LogP contribution is -1.93. The fourth-order valence-electron chi connectivity index (χ4n) is 4.67. The third-order valence-corrected chi connectivity index (χ3v) is 6.49. The van der Waals surface area contributed by atoms with Gasteiger partial charge in [0.05, 0.1) is 24.6 Å². The average molecular weight is 457 g/mol. The summed E-state index contributed by atoms with van der Waals surface area (Å²) < 4.78 is 33.1. The zero-order valence-corrected chi connectivity index (χ0v) is 18.7. The lowest BCUT2D eigenvalue weighted by atomic mass is 9.97. The molecule has 1 heterocycles. The molecule has 0 saturated carbocycles. The van der Waals surface area contributed by atoms with E-state index >= 15 is 4.39 Å². The molecule has 5 heteroatoms. The predicted molar refractivity (Wildman–Crippen MR) is 132 cm³/mol. The molecule has 0 atom stereocenters. The Morgan fingerprint density at radius 3 is 2.33 bits per heavy atom. The van der Waals surface area contributed by atoms with E-state index in [4.69, 9.17) is 25.5 Å². The van der Waals surface area contributed by atoms with E-state index in [2.05, 4.69) is 0 Å². The second kappa shape index (κ2) is 7.39. The van der Waals surface area contributed by atoms with Crippen LogP contribution in [-0.4, -0.2) is 14.2 Å². The molecule has 33 heavy (non-hydrogen) atoms. The van der Waals surface area contributed by atoms with E-state index in [1.54, 1.807) is 20.3 Å². The summed E-state index contributed by atoms with van der Waals surface area (Å²) in [6.45, 7) is 0. The van der Waals surface area contributed by atoms with Crippen molar-refractivity contribution in [1.82, 2.24) is 0 Å². The minimum absolute atomic E-state index is 0.136. The van der Waals surface area contributed by atoms with E-state index in [1.807, 2.05) is 66.7 Å². The van der Waals surface area contributed by atoms with Crippen LogP contribution in [-0.2, 0) is 0 Å². The van der Waals surface area contributed by atoms with Gasteiger partial charge in [-0.25, -0.2) is 4.39 Å². The van der Waals surface area contributed by atoms with Crippen molar-refractivity contribution in [3.8, 4) is 22.6 Å². The number of fused-ring (bicyclic) bond motifs is 6. The SMILES string of the molecule is COc1cc2c(OC)cccc2cc1-c1cc(Cl)c2c(oc3ccc4ccccc4c32)c1F. The fourth-order valence-corrected chi connectivity index (χ4v) is 4.96. The highest BCUT2D eigenvalue weighted by Gasteiger charge is 2.23. The van der Waals surface area contributed by atoms with Crippen LogP contribution in [0, 0.1) is 5.82 Å². The van der Waals surface area contributed by atoms with Gasteiger partial charge in [0.15, 0.2) is 11.4 Å². The van der Waals surface area contributed by atoms with Crippen molar-refractivity contribution in [1.29, 1.82) is 0 Å². The van der Waals surface area contributed by atoms with Crippen LogP contribution in [0.5, 0.6) is 11.5 Å². The first-order valence-electron chi connectivity index (χ1n) is 10.5. The summed E-state index contributed by atoms with van der Waals surface area (Å²) in [7, 11) is 3.18. The van der Waals surface area contributed by atoms with Gasteiger partial charge >= 0.3 is 0 Å². The largest absolute Gasteiger partial charge is 0.496 e. The molecule has 162 valence electrons. The van der Waals surface area contributed by atoms with Gasteiger partial charge in [0.2, 0.25) is 0 Å². The summed E-state index contributed by atoms with van der Waals surface area (Å²) in [5, 5.41) is 5.60. The van der Waals surface area contributed by atoms with Gasteiger partial charge in [-0.2, -0.15) is 0 Å². The fraction of sp³-hybridized carbons (Fsp3) is 0.0714. The Balaban J connectivity index is 1.69. The van der Waals surface area contributed by atoms with Gasteiger partial charge in [0, 0.05) is 21.9 Å². The molecule has 0 aliphatic rings. The zero-order chi connectivity index (χ0) is 22.7. The summed E-state index contributed by atoms with van der Waals surface area (Å²) in [6, 6.07) is 22.9. The lowest BCUT2D eigenvalue weighted by Gasteiger charge is -2.14. The highest BCUT2D eigenvalue weighted by atomic mass is 35.5. The first kappa shape index (κ1) is 19.9. The van der Waals surface area contributed by atoms with Crippen LogP contribution in [0.4, 0.5) is 4.39 Å². The Kier molecular flexibility index (Phi) is 4.46. The quantitative estimate of drug-likeness (QED) is 0.268. The first-order chi connectivity index (χ1) is 16.1. The van der Waals surface area contributed by atoms with Gasteiger partial charge in [0.25, 0.3) is 0 Å². The van der Waals surface area contributed by atoms with Crippen LogP contribution in [0.15, 0.2) is 77.2 Å². The van der Waals surface area contributed by atoms with Crippen LogP contribution < -0.4 is 9.47 Å². The standard InChI is InChI=1S/C28H18ClFO3/c1-31-22-9-5-7-16-12-19(24(32-2)14-18(16)22)20-13-21(29)26-25-17-8-4-3-6-15(17)10-11-23(25)33-28(26)27(20)30/h3-14H,1-2H3. The van der Waals surface area contributed by atoms with Gasteiger partial charge in [-0.1, -0.05) is 54.1 Å². The maximum atomic E-state index is 16.0. The summed E-state index contributed by atoms with van der Waals surface area (Å²) in [5.74, 6) is 0.758. The number of hydrogen-bond acceptors (Lipinski definition) is 3. The maximum Gasteiger partial charge on any atom is 0.174 e. The smallest absolute Gasteiger partial charge is 0.174 e. The van der Waals surface area contributed by atoms with Crippen molar-refractivity contribution in [2.45, 2.75) is 0 Å². The minimum Gasteiger partial charge on any atom is -0.496 e. The summed E-state index contributed by atoms with van der Waals surface area (Å²) in [6.07, 6.45) is 0. The van der Waals surface area contributed by atoms with Gasteiger partial charge in [-0.05, 0) is 46.5 Å². The van der Waals surface area contributed by atoms with E-state index in [0.29, 0.717) is 32.9 Å². The molecule has 5 aromatic carbocycles. The van der Waals surface area contributed by atoms with E-state index in [-0.39, 0.29) is 5.58 Å². The van der Waals surface area contributed by atoms with Crippen molar-refractivity contribution in [3.05, 3.63) is 83.6 Å². The number of halogens is 2. The normalized spacial score (nSPS) is 11.6. The number of hydrogen-bond donors (Lipinski definition) is 0. The minimum atomic E-state index is -0.477. The molecule has 0 amide bonds. The lowest BCUT2D eigenvalue weighted by molar-refractivity contribution is 0.413. The summed E-state index contributed by atoms with van der Waals surface area (Å²) in [4.78, 5) is 0. The van der Waals surface area contributed by atoms with Crippen molar-refractivity contribution >= 4 is 55.1 Å². The number of furan rings is 1. The van der Waals surface area contributed by atoms with Crippen molar-refractivity contribution in [2.75, 3.05) is 14.2 Å². The Labute approximate surface area is 193 Å². The molecule has 1 aromatic heterocycles. The van der Waals surface area contributed by atoms with Gasteiger partial charge in [-0.15, -0.1) is 0 Å². The molecular weight excluding hydrogens is 439 g/mol. The molecular formula is C28H18ClFO3. The van der Waals surface area contributed by atoms with Crippen molar-refractivity contribution in [2.24, 2.45) is 0 Å². The van der Waals surface area contributed by atoms with E-state index in [1.165, 1.54) is 0 Å². The molecule has 0 spiro atoms. The number of ether oxygens (including phenoxy) is 2. The Morgan fingerprint density at radius 2 is 1.52 bits per heavy atom. The molecule has 0 N–H and O–H groups in total. The Bertz CT molecular complexity index is 1720. The van der Waals surface area contributed by atoms with E-state index in [9.17, 15) is 0 Å². The number of methoxy groups -OCH3 is 2. The highest BCUT2D eigenvalue weighted by Crippen LogP contribution is 2.45. The number of rotatable bonds is 3. The Morgan fingerprint density at radius 1 is 0.727 bits per heavy atom. The topological polar surface area (TPSA) is 31.6 Å². The number of benzene rings is 5. The molecule has 3 nitrogen and oxygen atoms in total. The summed E-state index contributed by atoms with van der Waals surface area (Å²) >= 11 is 6.78. The van der Waals surface area contributed by atoms with Gasteiger partial charge in [0.1, 0.15) is 17.1 Å². The average Bonchev–Trinajstić information content (AvgIpc) is 3.26. The van der Waals surface area contributed by atoms with Gasteiger partial charge < -0.3 is 13.9 Å². The molecule has 6 aromatic rings. The molecule has 0 aliphatic carbocycles. The molecule has 0 radical (unpaired) electrons. The summed E-state index contributed by atoms with van der Waals surface area (Å²) in [5.41, 5.74) is 1.64. The second-order valence-corrected chi connectivity index (χ2v) is 8.33. The third-order valence-electron chi connectivity index (χ3n) is 6.20. The zero-order valence-electron chi connectivity index (χ0n) is 17.9. The van der Waals surface area contributed by atoms with Crippen LogP contribution in [0.1, 0.15) is 0 Å². The molecule has 0 bridgehead atoms. The van der Waals surface area contributed by atoms with Crippen molar-refractivity contribution < 1.29 is 18.3 Å². The molecule has 0 fully saturated rings. The molecule has 0 unspecified atom stereocenters. The second-order valence-electron chi connectivity index (χ2n) is 7.92. The van der Waals surface area contributed by atoms with Gasteiger partial charge in [-0.3, -0.25) is 0 Å². The first-order valence-corrected chi connectivity index (χ1v) is 10.9. The van der Waals surface area contributed by atoms with Crippen LogP contribution in [0.25, 0.3) is 54.6 Å². The molecule has 6 rings (SSSR count). The van der Waals surface area contributed by atoms with Crippen molar-refractivity contribution in [3.63, 3.8) is 0 Å². The maximum absolute atomic E-state index is 16.0. The third kappa shape index (κ3) is 2.87.